The third-order valence-corrected chi connectivity index (χ3v) is 4.61. The molecule has 2 amide bonds. The van der Waals surface area contributed by atoms with Gasteiger partial charge in [-0.1, -0.05) is 30.3 Å². The predicted octanol–water partition coefficient (Wildman–Crippen LogP) is 2.64. The van der Waals surface area contributed by atoms with Crippen LogP contribution in [0, 0.1) is 0 Å². The number of fused-ring (bicyclic) bond motifs is 1. The van der Waals surface area contributed by atoms with Crippen molar-refractivity contribution in [1.29, 1.82) is 0 Å². The average molecular weight is 388 g/mol. The van der Waals surface area contributed by atoms with Gasteiger partial charge in [-0.05, 0) is 23.8 Å². The number of amides is 2. The number of H-pyrrole nitrogens is 2. The largest absolute Gasteiger partial charge is 0.361 e. The Morgan fingerprint density at radius 2 is 2.00 bits per heavy atom. The van der Waals surface area contributed by atoms with E-state index in [1.165, 1.54) is 13.3 Å². The third-order valence-electron chi connectivity index (χ3n) is 4.61. The number of hydrogen-bond acceptors (Lipinski definition) is 4. The molecule has 2 aromatic carbocycles. The second kappa shape index (κ2) is 7.97. The summed E-state index contributed by atoms with van der Waals surface area (Å²) < 4.78 is 0. The lowest BCUT2D eigenvalue weighted by molar-refractivity contribution is -0.125. The Morgan fingerprint density at radius 1 is 1.14 bits per heavy atom. The molecule has 0 aliphatic heterocycles. The number of rotatable bonds is 6. The number of aromatic amines is 2. The first-order valence-electron chi connectivity index (χ1n) is 9.19. The second-order valence-electron chi connectivity index (χ2n) is 6.72. The van der Waals surface area contributed by atoms with Crippen molar-refractivity contribution in [1.82, 2.24) is 25.5 Å². The molecule has 29 heavy (non-hydrogen) atoms. The molecule has 2 heterocycles. The SMILES string of the molecule is CC(=O)N[C@H](Cc1c[nH]c2ccccc12)C(=O)Nc1cccc(-c2ncn[nH]2)c1. The lowest BCUT2D eigenvalue weighted by Crippen LogP contribution is -2.44. The van der Waals surface area contributed by atoms with Crippen LogP contribution in [0.2, 0.25) is 0 Å². The van der Waals surface area contributed by atoms with Gasteiger partial charge in [0.15, 0.2) is 5.82 Å². The molecule has 146 valence electrons. The monoisotopic (exact) mass is 388 g/mol. The Hall–Kier alpha value is -3.94. The normalized spacial score (nSPS) is 11.9. The van der Waals surface area contributed by atoms with Crippen molar-refractivity contribution in [3.63, 3.8) is 0 Å². The zero-order valence-corrected chi connectivity index (χ0v) is 15.8. The van der Waals surface area contributed by atoms with E-state index < -0.39 is 6.04 Å². The molecule has 0 unspecified atom stereocenters. The van der Waals surface area contributed by atoms with Gasteiger partial charge in [0.25, 0.3) is 0 Å². The van der Waals surface area contributed by atoms with Crippen molar-refractivity contribution < 1.29 is 9.59 Å². The minimum Gasteiger partial charge on any atom is -0.361 e. The zero-order valence-electron chi connectivity index (χ0n) is 15.8. The number of carbonyl (C=O) groups excluding carboxylic acids is 2. The number of anilines is 1. The summed E-state index contributed by atoms with van der Waals surface area (Å²) in [5.41, 5.74) is 3.36. The summed E-state index contributed by atoms with van der Waals surface area (Å²) in [6, 6.07) is 14.4. The summed E-state index contributed by atoms with van der Waals surface area (Å²) >= 11 is 0. The van der Waals surface area contributed by atoms with E-state index >= 15 is 0 Å². The Labute approximate surface area is 166 Å². The highest BCUT2D eigenvalue weighted by Crippen LogP contribution is 2.21. The molecule has 4 N–H and O–H groups in total. The van der Waals surface area contributed by atoms with E-state index in [4.69, 9.17) is 0 Å². The maximum Gasteiger partial charge on any atom is 0.247 e. The third kappa shape index (κ3) is 4.16. The number of carbonyl (C=O) groups is 2. The van der Waals surface area contributed by atoms with Crippen LogP contribution in [0.3, 0.4) is 0 Å². The Morgan fingerprint density at radius 3 is 2.79 bits per heavy atom. The molecule has 0 radical (unpaired) electrons. The van der Waals surface area contributed by atoms with Gasteiger partial charge in [-0.15, -0.1) is 0 Å². The summed E-state index contributed by atoms with van der Waals surface area (Å²) in [6.45, 7) is 1.40. The summed E-state index contributed by atoms with van der Waals surface area (Å²) in [5, 5.41) is 13.3. The Kier molecular flexibility index (Phi) is 5.07. The molecular formula is C21H20N6O2. The first-order chi connectivity index (χ1) is 14.1. The number of nitrogens with zero attached hydrogens (tertiary/aromatic N) is 2. The van der Waals surface area contributed by atoms with E-state index in [2.05, 4.69) is 30.8 Å². The summed E-state index contributed by atoms with van der Waals surface area (Å²) in [7, 11) is 0. The number of hydrogen-bond donors (Lipinski definition) is 4. The van der Waals surface area contributed by atoms with Gasteiger partial charge in [0.1, 0.15) is 12.4 Å². The van der Waals surface area contributed by atoms with Gasteiger partial charge in [0.2, 0.25) is 11.8 Å². The molecule has 0 saturated carbocycles. The van der Waals surface area contributed by atoms with Crippen LogP contribution in [0.4, 0.5) is 5.69 Å². The standard InChI is InChI=1S/C21H20N6O2/c1-13(28)25-19(10-15-11-22-18-8-3-2-7-17(15)18)21(29)26-16-6-4-5-14(9-16)20-23-12-24-27-20/h2-9,11-12,19,22H,10H2,1H3,(H,25,28)(H,26,29)(H,23,24,27)/t19-/m1/s1. The smallest absolute Gasteiger partial charge is 0.247 e. The predicted molar refractivity (Wildman–Crippen MR) is 110 cm³/mol. The van der Waals surface area contributed by atoms with Crippen molar-refractivity contribution in [2.24, 2.45) is 0 Å². The van der Waals surface area contributed by atoms with Crippen LogP contribution in [-0.4, -0.2) is 38.0 Å². The molecule has 0 saturated heterocycles. The van der Waals surface area contributed by atoms with E-state index in [0.29, 0.717) is 17.9 Å². The van der Waals surface area contributed by atoms with Crippen LogP contribution in [0.1, 0.15) is 12.5 Å². The van der Waals surface area contributed by atoms with Gasteiger partial charge in [-0.3, -0.25) is 14.7 Å². The number of benzene rings is 2. The van der Waals surface area contributed by atoms with E-state index in [-0.39, 0.29) is 11.8 Å². The summed E-state index contributed by atoms with van der Waals surface area (Å²) in [5.74, 6) is 0.0545. The summed E-state index contributed by atoms with van der Waals surface area (Å²) in [6.07, 6.45) is 3.67. The van der Waals surface area contributed by atoms with E-state index in [1.54, 1.807) is 12.1 Å². The Bertz CT molecular complexity index is 1150. The zero-order chi connectivity index (χ0) is 20.2. The van der Waals surface area contributed by atoms with Crippen molar-refractivity contribution >= 4 is 28.4 Å². The molecule has 0 aliphatic rings. The minimum absolute atomic E-state index is 0.264. The fraction of sp³-hybridized carbons (Fsp3) is 0.143. The number of aromatic nitrogens is 4. The summed E-state index contributed by atoms with van der Waals surface area (Å²) in [4.78, 5) is 31.9. The van der Waals surface area contributed by atoms with Crippen molar-refractivity contribution in [3.05, 3.63) is 66.6 Å². The minimum atomic E-state index is -0.708. The molecule has 4 aromatic rings. The van der Waals surface area contributed by atoms with Crippen LogP contribution in [0.5, 0.6) is 0 Å². The molecular weight excluding hydrogens is 368 g/mol. The van der Waals surface area contributed by atoms with E-state index in [1.807, 2.05) is 42.6 Å². The highest BCUT2D eigenvalue weighted by molar-refractivity contribution is 5.98. The molecule has 4 rings (SSSR count). The molecule has 0 spiro atoms. The Balaban J connectivity index is 1.55. The molecule has 8 heteroatoms. The second-order valence-corrected chi connectivity index (χ2v) is 6.72. The number of para-hydroxylation sites is 1. The van der Waals surface area contributed by atoms with E-state index in [0.717, 1.165) is 22.0 Å². The van der Waals surface area contributed by atoms with Gasteiger partial charge >= 0.3 is 0 Å². The van der Waals surface area contributed by atoms with E-state index in [9.17, 15) is 9.59 Å². The first kappa shape index (κ1) is 18.4. The van der Waals surface area contributed by atoms with Crippen LogP contribution < -0.4 is 10.6 Å². The van der Waals surface area contributed by atoms with Crippen molar-refractivity contribution in [2.75, 3.05) is 5.32 Å². The van der Waals surface area contributed by atoms with Crippen LogP contribution >= 0.6 is 0 Å². The highest BCUT2D eigenvalue weighted by Gasteiger charge is 2.22. The molecule has 2 aromatic heterocycles. The topological polar surface area (TPSA) is 116 Å². The van der Waals surface area contributed by atoms with Crippen molar-refractivity contribution in [3.8, 4) is 11.4 Å². The maximum atomic E-state index is 12.9. The van der Waals surface area contributed by atoms with Crippen LogP contribution in [-0.2, 0) is 16.0 Å². The van der Waals surface area contributed by atoms with Gasteiger partial charge in [0, 0.05) is 41.7 Å². The molecule has 0 bridgehead atoms. The number of nitrogens with one attached hydrogen (secondary N) is 4. The lowest BCUT2D eigenvalue weighted by Gasteiger charge is -2.18. The van der Waals surface area contributed by atoms with Crippen LogP contribution in [0.25, 0.3) is 22.3 Å². The molecule has 8 nitrogen and oxygen atoms in total. The highest BCUT2D eigenvalue weighted by atomic mass is 16.2. The molecule has 0 fully saturated rings. The van der Waals surface area contributed by atoms with Gasteiger partial charge in [0.05, 0.1) is 0 Å². The molecule has 0 aliphatic carbocycles. The first-order valence-corrected chi connectivity index (χ1v) is 9.19. The maximum absolute atomic E-state index is 12.9. The lowest BCUT2D eigenvalue weighted by atomic mass is 10.0. The fourth-order valence-corrected chi connectivity index (χ4v) is 3.29. The average Bonchev–Trinajstić information content (AvgIpc) is 3.38. The van der Waals surface area contributed by atoms with Gasteiger partial charge < -0.3 is 15.6 Å². The quantitative estimate of drug-likeness (QED) is 0.406. The van der Waals surface area contributed by atoms with Crippen molar-refractivity contribution in [2.45, 2.75) is 19.4 Å². The molecule has 1 atom stereocenters. The van der Waals surface area contributed by atoms with Gasteiger partial charge in [-0.25, -0.2) is 4.98 Å². The van der Waals surface area contributed by atoms with Crippen LogP contribution in [0.15, 0.2) is 61.1 Å². The van der Waals surface area contributed by atoms with Gasteiger partial charge in [-0.2, -0.15) is 5.10 Å². The fourth-order valence-electron chi connectivity index (χ4n) is 3.29.